The van der Waals surface area contributed by atoms with Gasteiger partial charge in [-0.1, -0.05) is 19.8 Å². The number of nitrogens with one attached hydrogen (secondary N) is 1. The normalized spacial score (nSPS) is 27.7. The van der Waals surface area contributed by atoms with E-state index in [1.165, 1.54) is 0 Å². The van der Waals surface area contributed by atoms with Gasteiger partial charge in [0.2, 0.25) is 5.91 Å². The predicted octanol–water partition coefficient (Wildman–Crippen LogP) is -0.172. The van der Waals surface area contributed by atoms with Crippen LogP contribution >= 0.6 is 0 Å². The van der Waals surface area contributed by atoms with Gasteiger partial charge < -0.3 is 5.32 Å². The molecule has 1 N–H and O–H groups in total. The van der Waals surface area contributed by atoms with Crippen LogP contribution in [-0.4, -0.2) is 36.0 Å². The second kappa shape index (κ2) is 3.59. The smallest absolute Gasteiger partial charge is 0.241 e. The molecule has 1 saturated heterocycles. The van der Waals surface area contributed by atoms with Crippen LogP contribution in [0.3, 0.4) is 0 Å². The van der Waals surface area contributed by atoms with Gasteiger partial charge in [0.1, 0.15) is 12.1 Å². The fourth-order valence-electron chi connectivity index (χ4n) is 1.50. The van der Waals surface area contributed by atoms with E-state index in [1.807, 2.05) is 13.8 Å². The minimum Gasteiger partial charge on any atom is -0.339 e. The Hall–Kier alpha value is -1.01. The zero-order valence-corrected chi connectivity index (χ0v) is 7.50. The molecule has 0 bridgehead atoms. The van der Waals surface area contributed by atoms with Crippen LogP contribution in [0.15, 0.2) is 0 Å². The second-order valence-corrected chi connectivity index (χ2v) is 2.82. The van der Waals surface area contributed by atoms with Gasteiger partial charge in [-0.25, -0.2) is 0 Å². The summed E-state index contributed by atoms with van der Waals surface area (Å²) < 4.78 is 0. The first-order chi connectivity index (χ1) is 5.74. The third-order valence-corrected chi connectivity index (χ3v) is 2.27. The molecule has 0 aromatic heterocycles. The first-order valence-corrected chi connectivity index (χ1v) is 4.25. The Morgan fingerprint density at radius 2 is 2.17 bits per heavy atom. The summed E-state index contributed by atoms with van der Waals surface area (Å²) in [5.74, 6) is 2.61. The van der Waals surface area contributed by atoms with Crippen molar-refractivity contribution in [1.82, 2.24) is 10.2 Å². The number of likely N-dealkylation sites (N-methyl/N-ethyl adjacent to an activating group) is 1. The van der Waals surface area contributed by atoms with Crippen LogP contribution < -0.4 is 5.32 Å². The molecule has 1 aliphatic rings. The van der Waals surface area contributed by atoms with E-state index in [2.05, 4.69) is 16.1 Å². The van der Waals surface area contributed by atoms with E-state index in [4.69, 9.17) is 6.42 Å². The molecule has 12 heavy (non-hydrogen) atoms. The Balaban J connectivity index is 2.60. The van der Waals surface area contributed by atoms with Gasteiger partial charge in [0.25, 0.3) is 0 Å². The molecule has 1 fully saturated rings. The third kappa shape index (κ3) is 1.30. The van der Waals surface area contributed by atoms with E-state index < -0.39 is 0 Å². The van der Waals surface area contributed by atoms with Gasteiger partial charge in [-0.2, -0.15) is 0 Å². The number of nitrogens with zero attached hydrogens (tertiary/aromatic N) is 1. The summed E-state index contributed by atoms with van der Waals surface area (Å²) >= 11 is 0. The van der Waals surface area contributed by atoms with Crippen molar-refractivity contribution in [3.63, 3.8) is 0 Å². The standard InChI is InChI=1S/C9H14N2O/c1-4-7-8(9(12)10-7)11(5-2)6-3/h1,7-8H,5-6H2,2-3H3,(H,10,12). The Labute approximate surface area is 73.1 Å². The molecule has 66 valence electrons. The van der Waals surface area contributed by atoms with Crippen LogP contribution in [0, 0.1) is 12.3 Å². The van der Waals surface area contributed by atoms with Gasteiger partial charge in [0, 0.05) is 0 Å². The lowest BCUT2D eigenvalue weighted by Crippen LogP contribution is -2.68. The molecule has 0 aromatic rings. The average Bonchev–Trinajstić information content (AvgIpc) is 2.09. The van der Waals surface area contributed by atoms with Crippen LogP contribution in [0.4, 0.5) is 0 Å². The number of hydrogen-bond acceptors (Lipinski definition) is 2. The van der Waals surface area contributed by atoms with Crippen molar-refractivity contribution in [3.05, 3.63) is 0 Å². The lowest BCUT2D eigenvalue weighted by molar-refractivity contribution is -0.135. The summed E-state index contributed by atoms with van der Waals surface area (Å²) in [5, 5.41) is 2.67. The van der Waals surface area contributed by atoms with Gasteiger partial charge in [-0.3, -0.25) is 9.69 Å². The van der Waals surface area contributed by atoms with Crippen molar-refractivity contribution in [2.24, 2.45) is 0 Å². The van der Waals surface area contributed by atoms with Gasteiger partial charge in [-0.05, 0) is 13.1 Å². The van der Waals surface area contributed by atoms with Crippen molar-refractivity contribution in [1.29, 1.82) is 0 Å². The fourth-order valence-corrected chi connectivity index (χ4v) is 1.50. The van der Waals surface area contributed by atoms with Crippen molar-refractivity contribution in [2.45, 2.75) is 25.9 Å². The van der Waals surface area contributed by atoms with Gasteiger partial charge in [0.05, 0.1) is 0 Å². The van der Waals surface area contributed by atoms with Crippen LogP contribution in [0.2, 0.25) is 0 Å². The number of β-lactam (4-membered cyclic amide) rings is 1. The summed E-state index contributed by atoms with van der Waals surface area (Å²) in [6.45, 7) is 5.80. The van der Waals surface area contributed by atoms with E-state index in [9.17, 15) is 4.79 Å². The number of hydrogen-bond donors (Lipinski definition) is 1. The molecule has 1 aliphatic heterocycles. The topological polar surface area (TPSA) is 32.3 Å². The molecule has 0 saturated carbocycles. The summed E-state index contributed by atoms with van der Waals surface area (Å²) in [6, 6.07) is -0.178. The highest BCUT2D eigenvalue weighted by Gasteiger charge is 2.41. The Morgan fingerprint density at radius 3 is 2.50 bits per heavy atom. The van der Waals surface area contributed by atoms with Gasteiger partial charge in [-0.15, -0.1) is 6.42 Å². The molecule has 1 amide bonds. The lowest BCUT2D eigenvalue weighted by atomic mass is 9.98. The van der Waals surface area contributed by atoms with Crippen molar-refractivity contribution >= 4 is 5.91 Å². The first kappa shape index (κ1) is 9.08. The maximum atomic E-state index is 11.1. The molecular formula is C9H14N2O. The molecule has 0 aliphatic carbocycles. The highest BCUT2D eigenvalue weighted by molar-refractivity contribution is 5.90. The van der Waals surface area contributed by atoms with Crippen molar-refractivity contribution < 1.29 is 4.79 Å². The Kier molecular flexibility index (Phi) is 2.72. The zero-order valence-electron chi connectivity index (χ0n) is 7.50. The van der Waals surface area contributed by atoms with E-state index in [1.54, 1.807) is 0 Å². The predicted molar refractivity (Wildman–Crippen MR) is 47.5 cm³/mol. The second-order valence-electron chi connectivity index (χ2n) is 2.82. The minimum absolute atomic E-state index is 0.0571. The lowest BCUT2D eigenvalue weighted by Gasteiger charge is -2.40. The molecule has 0 radical (unpaired) electrons. The monoisotopic (exact) mass is 166 g/mol. The van der Waals surface area contributed by atoms with Crippen molar-refractivity contribution in [2.75, 3.05) is 13.1 Å². The van der Waals surface area contributed by atoms with Crippen LogP contribution in [0.5, 0.6) is 0 Å². The molecule has 3 nitrogen and oxygen atoms in total. The van der Waals surface area contributed by atoms with E-state index in [0.717, 1.165) is 13.1 Å². The van der Waals surface area contributed by atoms with Crippen LogP contribution in [0.25, 0.3) is 0 Å². The summed E-state index contributed by atoms with van der Waals surface area (Å²) in [4.78, 5) is 13.2. The van der Waals surface area contributed by atoms with Crippen LogP contribution in [-0.2, 0) is 4.79 Å². The fraction of sp³-hybridized carbons (Fsp3) is 0.667. The molecule has 1 heterocycles. The highest BCUT2D eigenvalue weighted by Crippen LogP contribution is 2.12. The Bertz CT molecular complexity index is 215. The molecule has 2 unspecified atom stereocenters. The molecule has 3 heteroatoms. The van der Waals surface area contributed by atoms with E-state index >= 15 is 0 Å². The number of terminal acetylenes is 1. The number of amides is 1. The summed E-state index contributed by atoms with van der Waals surface area (Å²) in [5.41, 5.74) is 0. The van der Waals surface area contributed by atoms with Gasteiger partial charge in [0.15, 0.2) is 0 Å². The highest BCUT2D eigenvalue weighted by atomic mass is 16.2. The van der Waals surface area contributed by atoms with Gasteiger partial charge >= 0.3 is 0 Å². The van der Waals surface area contributed by atoms with Crippen molar-refractivity contribution in [3.8, 4) is 12.3 Å². The largest absolute Gasteiger partial charge is 0.339 e. The molecular weight excluding hydrogens is 152 g/mol. The number of rotatable bonds is 3. The number of carbonyl (C=O) groups is 1. The maximum Gasteiger partial charge on any atom is 0.241 e. The Morgan fingerprint density at radius 1 is 1.58 bits per heavy atom. The quantitative estimate of drug-likeness (QED) is 0.466. The molecule has 0 aromatic carbocycles. The van der Waals surface area contributed by atoms with E-state index in [-0.39, 0.29) is 18.0 Å². The van der Waals surface area contributed by atoms with Crippen LogP contribution in [0.1, 0.15) is 13.8 Å². The molecule has 0 spiro atoms. The molecule has 2 atom stereocenters. The zero-order chi connectivity index (χ0) is 9.14. The van der Waals surface area contributed by atoms with E-state index in [0.29, 0.717) is 0 Å². The summed E-state index contributed by atoms with van der Waals surface area (Å²) in [6.07, 6.45) is 5.24. The average molecular weight is 166 g/mol. The third-order valence-electron chi connectivity index (χ3n) is 2.27. The molecule has 1 rings (SSSR count). The summed E-state index contributed by atoms with van der Waals surface area (Å²) in [7, 11) is 0. The SMILES string of the molecule is C#CC1NC(=O)C1N(CC)CC. The minimum atomic E-state index is -0.0926. The maximum absolute atomic E-state index is 11.1. The first-order valence-electron chi connectivity index (χ1n) is 4.25. The number of carbonyl (C=O) groups excluding carboxylic acids is 1.